The van der Waals surface area contributed by atoms with E-state index in [1.807, 2.05) is 13.0 Å². The van der Waals surface area contributed by atoms with Crippen molar-refractivity contribution in [3.05, 3.63) is 58.2 Å². The van der Waals surface area contributed by atoms with Gasteiger partial charge in [-0.2, -0.15) is 0 Å². The number of likely N-dealkylation sites (tertiary alicyclic amines) is 1. The van der Waals surface area contributed by atoms with Crippen LogP contribution in [0.1, 0.15) is 58.6 Å². The zero-order valence-corrected chi connectivity index (χ0v) is 18.4. The molecule has 0 spiro atoms. The van der Waals surface area contributed by atoms with E-state index in [9.17, 15) is 14.3 Å². The van der Waals surface area contributed by atoms with Crippen LogP contribution in [0.2, 0.25) is 0 Å². The molecule has 1 aliphatic carbocycles. The van der Waals surface area contributed by atoms with Gasteiger partial charge in [-0.3, -0.25) is 4.79 Å². The van der Waals surface area contributed by atoms with Crippen molar-refractivity contribution in [2.75, 3.05) is 26.2 Å². The summed E-state index contributed by atoms with van der Waals surface area (Å²) in [5, 5.41) is 14.3. The minimum atomic E-state index is -0.356. The molecule has 3 aromatic rings. The lowest BCUT2D eigenvalue weighted by atomic mass is 9.89. The molecule has 1 fully saturated rings. The van der Waals surface area contributed by atoms with Crippen LogP contribution in [0.3, 0.4) is 0 Å². The normalized spacial score (nSPS) is 16.4. The summed E-state index contributed by atoms with van der Waals surface area (Å²) in [7, 11) is 0. The van der Waals surface area contributed by atoms with Gasteiger partial charge in [-0.05, 0) is 82.4 Å². The maximum Gasteiger partial charge on any atom is 0.253 e. The Morgan fingerprint density at radius 1 is 1.25 bits per heavy atom. The smallest absolute Gasteiger partial charge is 0.253 e. The third kappa shape index (κ3) is 3.71. The van der Waals surface area contributed by atoms with Crippen molar-refractivity contribution < 1.29 is 14.3 Å². The molecule has 1 aromatic carbocycles. The summed E-state index contributed by atoms with van der Waals surface area (Å²) in [5.74, 6) is -0.409. The zero-order valence-electron chi connectivity index (χ0n) is 18.4. The summed E-state index contributed by atoms with van der Waals surface area (Å²) in [6.45, 7) is 5.91. The predicted molar refractivity (Wildman–Crippen MR) is 123 cm³/mol. The van der Waals surface area contributed by atoms with Gasteiger partial charge >= 0.3 is 0 Å². The van der Waals surface area contributed by atoms with Gasteiger partial charge < -0.3 is 25.3 Å². The topological polar surface area (TPSA) is 84.2 Å². The van der Waals surface area contributed by atoms with E-state index in [1.165, 1.54) is 25.0 Å². The van der Waals surface area contributed by atoms with Crippen molar-refractivity contribution in [2.45, 2.75) is 39.0 Å². The van der Waals surface area contributed by atoms with Gasteiger partial charge in [0.15, 0.2) is 5.88 Å². The number of rotatable bonds is 6. The van der Waals surface area contributed by atoms with Gasteiger partial charge in [0.25, 0.3) is 5.91 Å². The van der Waals surface area contributed by atoms with Crippen molar-refractivity contribution in [3.63, 3.8) is 0 Å². The first-order chi connectivity index (χ1) is 15.5. The number of benzene rings is 1. The van der Waals surface area contributed by atoms with Crippen molar-refractivity contribution in [1.29, 1.82) is 0 Å². The van der Waals surface area contributed by atoms with Gasteiger partial charge in [0, 0.05) is 28.7 Å². The number of H-pyrrole nitrogens is 2. The van der Waals surface area contributed by atoms with Crippen molar-refractivity contribution in [2.24, 2.45) is 0 Å². The Balaban J connectivity index is 1.39. The van der Waals surface area contributed by atoms with Crippen molar-refractivity contribution >= 4 is 22.4 Å². The standard InChI is InChI=1S/C25H29FN4O2/c1-15-21(24(31)27-10-5-13-30-11-2-3-12-30)17-6-4-7-18(23(17)28-15)22-19-14-16(26)8-9-20(19)29-25(22)32/h7-9,14,28-29,32H,2-6,10-13H2,1H3,(H,27,31). The van der Waals surface area contributed by atoms with E-state index in [0.717, 1.165) is 61.4 Å². The molecule has 6 nitrogen and oxygen atoms in total. The Hall–Kier alpha value is -3.06. The van der Waals surface area contributed by atoms with Crippen LogP contribution in [-0.2, 0) is 6.42 Å². The Morgan fingerprint density at radius 2 is 2.06 bits per heavy atom. The second-order valence-electron chi connectivity index (χ2n) is 8.83. The molecule has 4 N–H and O–H groups in total. The number of aromatic hydroxyl groups is 1. The number of hydrogen-bond donors (Lipinski definition) is 4. The lowest BCUT2D eigenvalue weighted by molar-refractivity contribution is 0.0950. The number of hydrogen-bond acceptors (Lipinski definition) is 3. The number of nitrogens with zero attached hydrogens (tertiary/aromatic N) is 1. The molecule has 5 rings (SSSR count). The lowest BCUT2D eigenvalue weighted by Gasteiger charge is -2.16. The second kappa shape index (κ2) is 8.47. The third-order valence-corrected chi connectivity index (χ3v) is 6.68. The number of fused-ring (bicyclic) bond motifs is 2. The van der Waals surface area contributed by atoms with E-state index in [0.29, 0.717) is 28.6 Å². The highest BCUT2D eigenvalue weighted by Gasteiger charge is 2.28. The highest BCUT2D eigenvalue weighted by molar-refractivity contribution is 6.03. The van der Waals surface area contributed by atoms with Crippen molar-refractivity contribution in [1.82, 2.24) is 20.2 Å². The maximum atomic E-state index is 13.9. The van der Waals surface area contributed by atoms with E-state index < -0.39 is 0 Å². The number of aryl methyl sites for hydroxylation is 1. The van der Waals surface area contributed by atoms with E-state index in [-0.39, 0.29) is 17.6 Å². The fourth-order valence-corrected chi connectivity index (χ4v) is 5.18. The quantitative estimate of drug-likeness (QED) is 0.436. The monoisotopic (exact) mass is 436 g/mol. The van der Waals surface area contributed by atoms with Crippen LogP contribution in [0.4, 0.5) is 4.39 Å². The highest BCUT2D eigenvalue weighted by atomic mass is 19.1. The Kier molecular flexibility index (Phi) is 5.51. The molecule has 1 aliphatic heterocycles. The Labute approximate surface area is 186 Å². The van der Waals surface area contributed by atoms with E-state index >= 15 is 0 Å². The van der Waals surface area contributed by atoms with E-state index in [2.05, 4.69) is 20.2 Å². The minimum absolute atomic E-state index is 0.00451. The van der Waals surface area contributed by atoms with Gasteiger partial charge in [-0.15, -0.1) is 0 Å². The molecule has 2 aromatic heterocycles. The molecular weight excluding hydrogens is 407 g/mol. The van der Waals surface area contributed by atoms with Crippen LogP contribution >= 0.6 is 0 Å². The van der Waals surface area contributed by atoms with Crippen LogP contribution in [0.25, 0.3) is 16.5 Å². The molecule has 0 unspecified atom stereocenters. The zero-order chi connectivity index (χ0) is 22.2. The molecule has 1 amide bonds. The van der Waals surface area contributed by atoms with Gasteiger partial charge in [0.1, 0.15) is 5.82 Å². The average Bonchev–Trinajstić information content (AvgIpc) is 3.47. The summed E-state index contributed by atoms with van der Waals surface area (Å²) in [6, 6.07) is 4.42. The molecule has 2 aliphatic rings. The average molecular weight is 437 g/mol. The van der Waals surface area contributed by atoms with E-state index in [4.69, 9.17) is 0 Å². The number of amides is 1. The third-order valence-electron chi connectivity index (χ3n) is 6.68. The molecular formula is C25H29FN4O2. The number of allylic oxidation sites excluding steroid dienone is 1. The second-order valence-corrected chi connectivity index (χ2v) is 8.83. The van der Waals surface area contributed by atoms with Gasteiger partial charge in [-0.1, -0.05) is 6.08 Å². The summed E-state index contributed by atoms with van der Waals surface area (Å²) >= 11 is 0. The summed E-state index contributed by atoms with van der Waals surface area (Å²) in [6.07, 6.45) is 7.03. The summed E-state index contributed by atoms with van der Waals surface area (Å²) < 4.78 is 13.9. The molecule has 0 saturated carbocycles. The molecule has 32 heavy (non-hydrogen) atoms. The fraction of sp³-hybridized carbons (Fsp3) is 0.400. The van der Waals surface area contributed by atoms with Gasteiger partial charge in [0.2, 0.25) is 0 Å². The SMILES string of the molecule is Cc1[nH]c2c(c1C(=O)NCCCN1CCCC1)CCC=C2c1c(O)[nH]c2ccc(F)cc12. The summed E-state index contributed by atoms with van der Waals surface area (Å²) in [5.41, 5.74) is 5.34. The van der Waals surface area contributed by atoms with Crippen LogP contribution in [-0.4, -0.2) is 52.1 Å². The van der Waals surface area contributed by atoms with Gasteiger partial charge in [0.05, 0.1) is 16.8 Å². The summed E-state index contributed by atoms with van der Waals surface area (Å²) in [4.78, 5) is 21.8. The van der Waals surface area contributed by atoms with Crippen LogP contribution < -0.4 is 5.32 Å². The Morgan fingerprint density at radius 3 is 2.88 bits per heavy atom. The lowest BCUT2D eigenvalue weighted by Crippen LogP contribution is -2.29. The number of carbonyl (C=O) groups is 1. The number of nitrogens with one attached hydrogen (secondary N) is 3. The first-order valence-electron chi connectivity index (χ1n) is 11.5. The molecule has 0 radical (unpaired) electrons. The first kappa shape index (κ1) is 20.8. The largest absolute Gasteiger partial charge is 0.494 e. The molecule has 0 atom stereocenters. The van der Waals surface area contributed by atoms with Crippen molar-refractivity contribution in [3.8, 4) is 5.88 Å². The van der Waals surface area contributed by atoms with Crippen LogP contribution in [0.15, 0.2) is 24.3 Å². The Bertz CT molecular complexity index is 1200. The first-order valence-corrected chi connectivity index (χ1v) is 11.5. The maximum absolute atomic E-state index is 13.9. The van der Waals surface area contributed by atoms with Gasteiger partial charge in [-0.25, -0.2) is 4.39 Å². The molecule has 168 valence electrons. The van der Waals surface area contributed by atoms with Crippen LogP contribution in [0, 0.1) is 12.7 Å². The number of halogens is 1. The minimum Gasteiger partial charge on any atom is -0.494 e. The molecule has 3 heterocycles. The molecule has 7 heteroatoms. The van der Waals surface area contributed by atoms with Crippen LogP contribution in [0.5, 0.6) is 5.88 Å². The highest BCUT2D eigenvalue weighted by Crippen LogP contribution is 2.41. The number of aromatic nitrogens is 2. The predicted octanol–water partition coefficient (Wildman–Crippen LogP) is 4.24. The number of aromatic amines is 2. The molecule has 1 saturated heterocycles. The molecule has 0 bridgehead atoms. The van der Waals surface area contributed by atoms with E-state index in [1.54, 1.807) is 6.07 Å². The fourth-order valence-electron chi connectivity index (χ4n) is 5.18. The number of carbonyl (C=O) groups excluding carboxylic acids is 1.